The molecule has 0 amide bonds. The van der Waals surface area contributed by atoms with Crippen LogP contribution in [0.4, 0.5) is 0 Å². The van der Waals surface area contributed by atoms with Gasteiger partial charge in [-0.3, -0.25) is 0 Å². The molecule has 0 aromatic heterocycles. The second-order valence-electron chi connectivity index (χ2n) is 14.1. The highest BCUT2D eigenvalue weighted by Crippen LogP contribution is 3.29. The van der Waals surface area contributed by atoms with Crippen LogP contribution < -0.4 is 5.73 Å². The minimum atomic E-state index is 0.422. The molecule has 0 bridgehead atoms. The Kier molecular flexibility index (Phi) is 0.850. The second kappa shape index (κ2) is 2.03. The van der Waals surface area contributed by atoms with Crippen molar-refractivity contribution in [1.82, 2.24) is 0 Å². The van der Waals surface area contributed by atoms with Crippen molar-refractivity contribution in [3.05, 3.63) is 0 Å². The fourth-order valence-corrected chi connectivity index (χ4v) is 18.6. The minimum Gasteiger partial charge on any atom is -0.324 e. The van der Waals surface area contributed by atoms with E-state index in [9.17, 15) is 0 Å². The van der Waals surface area contributed by atoms with E-state index in [2.05, 4.69) is 0 Å². The van der Waals surface area contributed by atoms with Crippen molar-refractivity contribution in [2.45, 2.75) is 31.2 Å². The highest BCUT2D eigenvalue weighted by atomic mass is 15.3. The Morgan fingerprint density at radius 1 is 0.600 bits per heavy atom. The van der Waals surface area contributed by atoms with E-state index >= 15 is 0 Å². The van der Waals surface area contributed by atoms with Gasteiger partial charge < -0.3 is 5.73 Å². The molecule has 25 heavy (non-hydrogen) atoms. The molecule has 0 saturated heterocycles. The fraction of sp³-hybridized carbons (Fsp3) is 1.00. The molecule has 0 aliphatic heterocycles. The van der Waals surface area contributed by atoms with E-state index in [1.54, 1.807) is 25.7 Å². The molecule has 0 heterocycles. The van der Waals surface area contributed by atoms with Gasteiger partial charge in [0.1, 0.15) is 0 Å². The zero-order valence-electron chi connectivity index (χ0n) is 14.6. The first-order valence-corrected chi connectivity index (χ1v) is 12.1. The lowest BCUT2D eigenvalue weighted by atomic mass is 8.74. The average molecular weight is 327 g/mol. The van der Waals surface area contributed by atoms with Crippen LogP contribution in [0.1, 0.15) is 25.7 Å². The van der Waals surface area contributed by atoms with Crippen LogP contribution in [0.15, 0.2) is 0 Å². The first-order chi connectivity index (χ1) is 12.3. The van der Waals surface area contributed by atoms with E-state index in [0.29, 0.717) is 5.54 Å². The summed E-state index contributed by atoms with van der Waals surface area (Å²) >= 11 is 0. The van der Waals surface area contributed by atoms with Crippen molar-refractivity contribution >= 4 is 0 Å². The standard InChI is InChI=1S/C24H25N/c25-23-18-14-12-6-2-1-5(6)11(12)13(14)15-16-9-3-7-8-4-10-17(18)24(23)21(8,10)20(7,9)22(16,24)19(15)23/h5-19H,1-4,25H2. The van der Waals surface area contributed by atoms with Crippen molar-refractivity contribution in [1.29, 1.82) is 0 Å². The van der Waals surface area contributed by atoms with Crippen molar-refractivity contribution in [2.75, 3.05) is 0 Å². The summed E-state index contributed by atoms with van der Waals surface area (Å²) in [6.07, 6.45) is 6.62. The second-order valence-corrected chi connectivity index (χ2v) is 14.1. The van der Waals surface area contributed by atoms with Crippen LogP contribution >= 0.6 is 0 Å². The molecule has 1 nitrogen and oxygen atoms in total. The summed E-state index contributed by atoms with van der Waals surface area (Å²) in [6.45, 7) is 0. The molecule has 126 valence electrons. The molecule has 0 radical (unpaired) electrons. The first-order valence-electron chi connectivity index (χ1n) is 12.1. The number of nitrogens with two attached hydrogens (primary N) is 1. The molecule has 20 unspecified atom stereocenters. The largest absolute Gasteiger partial charge is 0.324 e. The topological polar surface area (TPSA) is 26.0 Å². The zero-order chi connectivity index (χ0) is 15.0. The molecule has 13 rings (SSSR count). The number of rotatable bonds is 0. The van der Waals surface area contributed by atoms with Crippen molar-refractivity contribution in [3.63, 3.8) is 0 Å². The van der Waals surface area contributed by atoms with Crippen molar-refractivity contribution in [2.24, 2.45) is 116 Å². The van der Waals surface area contributed by atoms with Gasteiger partial charge in [0.15, 0.2) is 0 Å². The van der Waals surface area contributed by atoms with Gasteiger partial charge >= 0.3 is 0 Å². The zero-order valence-corrected chi connectivity index (χ0v) is 14.6. The van der Waals surface area contributed by atoms with Crippen molar-refractivity contribution in [3.8, 4) is 0 Å². The van der Waals surface area contributed by atoms with E-state index in [1.807, 2.05) is 0 Å². The Bertz CT molecular complexity index is 987. The van der Waals surface area contributed by atoms with Gasteiger partial charge in [-0.25, -0.2) is 0 Å². The number of fused-ring (bicyclic) bond motifs is 14. The van der Waals surface area contributed by atoms with Gasteiger partial charge in [-0.15, -0.1) is 0 Å². The third kappa shape index (κ3) is 0.391. The quantitative estimate of drug-likeness (QED) is 0.727. The minimum absolute atomic E-state index is 0.422. The van der Waals surface area contributed by atoms with E-state index in [4.69, 9.17) is 5.73 Å². The molecule has 4 spiro atoms. The molecule has 13 saturated carbocycles. The Hall–Kier alpha value is -0.0400. The molecule has 13 aliphatic carbocycles. The molecule has 1 heteroatoms. The lowest BCUT2D eigenvalue weighted by molar-refractivity contribution is -0.829. The molecule has 20 atom stereocenters. The monoisotopic (exact) mass is 327 g/mol. The third-order valence-electron chi connectivity index (χ3n) is 16.8. The van der Waals surface area contributed by atoms with Crippen LogP contribution in [-0.2, 0) is 0 Å². The number of hydrogen-bond acceptors (Lipinski definition) is 1. The predicted molar refractivity (Wildman–Crippen MR) is 87.5 cm³/mol. The lowest BCUT2D eigenvalue weighted by Gasteiger charge is -3.30. The summed E-state index contributed by atoms with van der Waals surface area (Å²) in [6, 6.07) is 0. The highest BCUT2D eigenvalue weighted by Gasteiger charge is 3.28. The SMILES string of the molecule is NC12C3C4C5C6CCC6C5C4C4C5C6CC7C8CC9C3C13C89C76C53C42. The Labute approximate surface area is 147 Å². The maximum Gasteiger partial charge on any atom is 0.0297 e. The first kappa shape index (κ1) is 10.5. The van der Waals surface area contributed by atoms with E-state index < -0.39 is 0 Å². The lowest BCUT2D eigenvalue weighted by Crippen LogP contribution is -3.30. The Balaban J connectivity index is 1.15. The maximum atomic E-state index is 7.63. The summed E-state index contributed by atoms with van der Waals surface area (Å²) in [7, 11) is 0. The molecule has 13 fully saturated rings. The van der Waals surface area contributed by atoms with Crippen molar-refractivity contribution < 1.29 is 0 Å². The summed E-state index contributed by atoms with van der Waals surface area (Å²) in [5.41, 5.74) is 11.7. The third-order valence-corrected chi connectivity index (χ3v) is 16.8. The molecule has 0 aromatic rings. The van der Waals surface area contributed by atoms with Gasteiger partial charge in [0.05, 0.1) is 0 Å². The van der Waals surface area contributed by atoms with Crippen LogP contribution in [0.2, 0.25) is 0 Å². The van der Waals surface area contributed by atoms with Crippen LogP contribution in [0.5, 0.6) is 0 Å². The van der Waals surface area contributed by atoms with E-state index in [1.165, 1.54) is 71.0 Å². The number of hydrogen-bond donors (Lipinski definition) is 1. The fourth-order valence-electron chi connectivity index (χ4n) is 18.6. The molecular weight excluding hydrogens is 302 g/mol. The van der Waals surface area contributed by atoms with E-state index in [-0.39, 0.29) is 0 Å². The van der Waals surface area contributed by atoms with E-state index in [0.717, 1.165) is 39.4 Å². The van der Waals surface area contributed by atoms with Crippen LogP contribution in [0, 0.1) is 110 Å². The Morgan fingerprint density at radius 3 is 2.12 bits per heavy atom. The molecular formula is C24H25N. The molecule has 13 aliphatic rings. The molecule has 2 N–H and O–H groups in total. The summed E-state index contributed by atoms with van der Waals surface area (Å²) < 4.78 is 0. The van der Waals surface area contributed by atoms with Crippen LogP contribution in [0.3, 0.4) is 0 Å². The maximum absolute atomic E-state index is 7.63. The summed E-state index contributed by atoms with van der Waals surface area (Å²) in [4.78, 5) is 0. The predicted octanol–water partition coefficient (Wildman–Crippen LogP) is 2.61. The molecule has 0 aromatic carbocycles. The average Bonchev–Trinajstić information content (AvgIpc) is 2.49. The smallest absolute Gasteiger partial charge is 0.0297 e. The van der Waals surface area contributed by atoms with Gasteiger partial charge in [-0.1, -0.05) is 0 Å². The summed E-state index contributed by atoms with van der Waals surface area (Å²) in [5.74, 6) is 17.9. The Morgan fingerprint density at radius 2 is 1.32 bits per heavy atom. The van der Waals surface area contributed by atoms with Gasteiger partial charge in [0, 0.05) is 11.0 Å². The van der Waals surface area contributed by atoms with Crippen LogP contribution in [0.25, 0.3) is 0 Å². The van der Waals surface area contributed by atoms with Gasteiger partial charge in [-0.05, 0) is 131 Å². The van der Waals surface area contributed by atoms with Gasteiger partial charge in [0.2, 0.25) is 0 Å². The highest BCUT2D eigenvalue weighted by molar-refractivity contribution is 5.75. The van der Waals surface area contributed by atoms with Crippen LogP contribution in [-0.4, -0.2) is 5.54 Å². The summed E-state index contributed by atoms with van der Waals surface area (Å²) in [5, 5.41) is 0. The van der Waals surface area contributed by atoms with Gasteiger partial charge in [-0.2, -0.15) is 0 Å². The van der Waals surface area contributed by atoms with Gasteiger partial charge in [0.25, 0.3) is 0 Å². The normalized spacial score (nSPS) is 107.